The van der Waals surface area contributed by atoms with Crippen LogP contribution >= 0.6 is 0 Å². The molecule has 170 valence electrons. The molecule has 2 aromatic rings. The Labute approximate surface area is 191 Å². The Morgan fingerprint density at radius 2 is 1.97 bits per heavy atom. The zero-order valence-corrected chi connectivity index (χ0v) is 19.8. The molecule has 0 bridgehead atoms. The van der Waals surface area contributed by atoms with Crippen LogP contribution in [0, 0.1) is 0 Å². The molecule has 0 radical (unpaired) electrons. The minimum absolute atomic E-state index is 0.0333. The first-order chi connectivity index (χ1) is 15.1. The van der Waals surface area contributed by atoms with E-state index in [0.717, 1.165) is 31.6 Å². The Hall–Kier alpha value is -2.73. The summed E-state index contributed by atoms with van der Waals surface area (Å²) in [6, 6.07) is 8.30. The van der Waals surface area contributed by atoms with Crippen molar-refractivity contribution in [2.24, 2.45) is 0 Å². The standard InChI is InChI=1S/C26H34N4O2/c1-17-15-30(22-8-9-29(5)24(31)12-22)16-19-10-18(6-7-23(17)19)25(32)28-21-11-20(13-27-14-21)26(2,3)4/h6-7,10-11,13-14,17,22H,8-9,12,15-16H2,1-5H3,(H,28,32). The molecule has 1 aromatic carbocycles. The van der Waals surface area contributed by atoms with Crippen LogP contribution < -0.4 is 5.32 Å². The van der Waals surface area contributed by atoms with Gasteiger partial charge in [-0.25, -0.2) is 0 Å². The number of rotatable bonds is 3. The Morgan fingerprint density at radius 3 is 2.69 bits per heavy atom. The molecule has 2 amide bonds. The van der Waals surface area contributed by atoms with Crippen LogP contribution in [0.5, 0.6) is 0 Å². The lowest BCUT2D eigenvalue weighted by Gasteiger charge is -2.41. The van der Waals surface area contributed by atoms with Gasteiger partial charge in [-0.05, 0) is 52.6 Å². The number of pyridine rings is 1. The predicted octanol–water partition coefficient (Wildman–Crippen LogP) is 4.17. The second-order valence-electron chi connectivity index (χ2n) is 10.4. The number of fused-ring (bicyclic) bond motifs is 1. The third kappa shape index (κ3) is 4.70. The molecule has 1 aromatic heterocycles. The number of amides is 2. The number of carbonyl (C=O) groups is 2. The molecular weight excluding hydrogens is 400 g/mol. The minimum Gasteiger partial charge on any atom is -0.346 e. The quantitative estimate of drug-likeness (QED) is 0.787. The van der Waals surface area contributed by atoms with Gasteiger partial charge in [-0.15, -0.1) is 0 Å². The van der Waals surface area contributed by atoms with Crippen molar-refractivity contribution in [2.45, 2.75) is 64.5 Å². The fourth-order valence-electron chi connectivity index (χ4n) is 4.74. The Kier molecular flexibility index (Phi) is 6.08. The molecule has 6 nitrogen and oxygen atoms in total. The molecule has 32 heavy (non-hydrogen) atoms. The van der Waals surface area contributed by atoms with Gasteiger partial charge in [0.1, 0.15) is 0 Å². The summed E-state index contributed by atoms with van der Waals surface area (Å²) < 4.78 is 0. The van der Waals surface area contributed by atoms with Crippen LogP contribution in [-0.4, -0.2) is 52.8 Å². The first-order valence-corrected chi connectivity index (χ1v) is 11.5. The highest BCUT2D eigenvalue weighted by Gasteiger charge is 2.32. The van der Waals surface area contributed by atoms with Crippen LogP contribution in [0.2, 0.25) is 0 Å². The number of nitrogens with zero attached hydrogens (tertiary/aromatic N) is 3. The number of hydrogen-bond acceptors (Lipinski definition) is 4. The molecule has 0 aliphatic carbocycles. The SMILES string of the molecule is CC1CN(C2CCN(C)C(=O)C2)Cc2cc(C(=O)Nc3cncc(C(C)(C)C)c3)ccc21. The number of piperidine rings is 1. The van der Waals surface area contributed by atoms with Crippen LogP contribution in [0.3, 0.4) is 0 Å². The Bertz CT molecular complexity index is 1030. The number of likely N-dealkylation sites (tertiary alicyclic amines) is 1. The maximum absolute atomic E-state index is 13.0. The van der Waals surface area contributed by atoms with Crippen molar-refractivity contribution in [3.05, 3.63) is 58.9 Å². The van der Waals surface area contributed by atoms with Gasteiger partial charge in [-0.1, -0.05) is 33.8 Å². The molecule has 1 fully saturated rings. The molecule has 2 atom stereocenters. The van der Waals surface area contributed by atoms with Gasteiger partial charge in [-0.3, -0.25) is 19.5 Å². The Balaban J connectivity index is 1.51. The van der Waals surface area contributed by atoms with E-state index in [4.69, 9.17) is 0 Å². The van der Waals surface area contributed by atoms with E-state index in [0.29, 0.717) is 23.6 Å². The number of carbonyl (C=O) groups excluding carboxylic acids is 2. The number of aromatic nitrogens is 1. The van der Waals surface area contributed by atoms with Crippen molar-refractivity contribution in [3.8, 4) is 0 Å². The molecule has 2 aliphatic heterocycles. The van der Waals surface area contributed by atoms with Gasteiger partial charge in [0, 0.05) is 50.9 Å². The fraction of sp³-hybridized carbons (Fsp3) is 0.500. The summed E-state index contributed by atoms with van der Waals surface area (Å²) in [4.78, 5) is 33.8. The average Bonchev–Trinajstić information content (AvgIpc) is 2.74. The molecule has 4 rings (SSSR count). The summed E-state index contributed by atoms with van der Waals surface area (Å²) in [5, 5.41) is 3.01. The van der Waals surface area contributed by atoms with Crippen LogP contribution in [0.25, 0.3) is 0 Å². The van der Waals surface area contributed by atoms with Crippen LogP contribution in [0.15, 0.2) is 36.7 Å². The molecule has 0 spiro atoms. The monoisotopic (exact) mass is 434 g/mol. The van der Waals surface area contributed by atoms with E-state index in [-0.39, 0.29) is 23.3 Å². The van der Waals surface area contributed by atoms with E-state index in [1.807, 2.05) is 36.3 Å². The molecule has 2 unspecified atom stereocenters. The molecule has 3 heterocycles. The van der Waals surface area contributed by atoms with E-state index in [1.54, 1.807) is 6.20 Å². The molecule has 6 heteroatoms. The molecular formula is C26H34N4O2. The average molecular weight is 435 g/mol. The van der Waals surface area contributed by atoms with Crippen molar-refractivity contribution in [2.75, 3.05) is 25.5 Å². The third-order valence-electron chi connectivity index (χ3n) is 6.83. The van der Waals surface area contributed by atoms with E-state index in [2.05, 4.69) is 49.0 Å². The van der Waals surface area contributed by atoms with E-state index in [1.165, 1.54) is 11.1 Å². The summed E-state index contributed by atoms with van der Waals surface area (Å²) in [5.41, 5.74) is 4.89. The minimum atomic E-state index is -0.125. The summed E-state index contributed by atoms with van der Waals surface area (Å²) in [6.45, 7) is 11.2. The lowest BCUT2D eigenvalue weighted by molar-refractivity contribution is -0.134. The zero-order valence-electron chi connectivity index (χ0n) is 19.8. The van der Waals surface area contributed by atoms with Crippen LogP contribution in [-0.2, 0) is 16.8 Å². The van der Waals surface area contributed by atoms with Gasteiger partial charge in [0.15, 0.2) is 0 Å². The normalized spacial score (nSPS) is 21.9. The van der Waals surface area contributed by atoms with Gasteiger partial charge < -0.3 is 10.2 Å². The number of anilines is 1. The Morgan fingerprint density at radius 1 is 1.19 bits per heavy atom. The number of nitrogens with one attached hydrogen (secondary N) is 1. The first-order valence-electron chi connectivity index (χ1n) is 11.5. The van der Waals surface area contributed by atoms with Gasteiger partial charge in [0.05, 0.1) is 11.9 Å². The van der Waals surface area contributed by atoms with Crippen molar-refractivity contribution >= 4 is 17.5 Å². The molecule has 1 N–H and O–H groups in total. The predicted molar refractivity (Wildman–Crippen MR) is 127 cm³/mol. The largest absolute Gasteiger partial charge is 0.346 e. The van der Waals surface area contributed by atoms with Gasteiger partial charge in [-0.2, -0.15) is 0 Å². The topological polar surface area (TPSA) is 65.5 Å². The first kappa shape index (κ1) is 22.5. The van der Waals surface area contributed by atoms with Gasteiger partial charge in [0.2, 0.25) is 5.91 Å². The number of benzene rings is 1. The lowest BCUT2D eigenvalue weighted by atomic mass is 9.87. The summed E-state index contributed by atoms with van der Waals surface area (Å²) in [6.07, 6.45) is 5.11. The summed E-state index contributed by atoms with van der Waals surface area (Å²) >= 11 is 0. The van der Waals surface area contributed by atoms with Crippen LogP contribution in [0.1, 0.15) is 73.5 Å². The van der Waals surface area contributed by atoms with Gasteiger partial charge >= 0.3 is 0 Å². The highest BCUT2D eigenvalue weighted by atomic mass is 16.2. The summed E-state index contributed by atoms with van der Waals surface area (Å²) in [7, 11) is 1.88. The van der Waals surface area contributed by atoms with Crippen LogP contribution in [0.4, 0.5) is 5.69 Å². The van der Waals surface area contributed by atoms with Crippen molar-refractivity contribution < 1.29 is 9.59 Å². The second-order valence-corrected chi connectivity index (χ2v) is 10.4. The smallest absolute Gasteiger partial charge is 0.255 e. The lowest BCUT2D eigenvalue weighted by Crippen LogP contribution is -2.48. The van der Waals surface area contributed by atoms with E-state index in [9.17, 15) is 9.59 Å². The van der Waals surface area contributed by atoms with Crippen molar-refractivity contribution in [3.63, 3.8) is 0 Å². The molecule has 1 saturated heterocycles. The van der Waals surface area contributed by atoms with Crippen molar-refractivity contribution in [1.82, 2.24) is 14.8 Å². The summed E-state index contributed by atoms with van der Waals surface area (Å²) in [5.74, 6) is 0.470. The van der Waals surface area contributed by atoms with Gasteiger partial charge in [0.25, 0.3) is 5.91 Å². The third-order valence-corrected chi connectivity index (χ3v) is 6.83. The molecule has 0 saturated carbocycles. The van der Waals surface area contributed by atoms with Crippen molar-refractivity contribution in [1.29, 1.82) is 0 Å². The van der Waals surface area contributed by atoms with E-state index < -0.39 is 0 Å². The number of hydrogen-bond donors (Lipinski definition) is 1. The highest BCUT2D eigenvalue weighted by Crippen LogP contribution is 2.32. The fourth-order valence-corrected chi connectivity index (χ4v) is 4.74. The van der Waals surface area contributed by atoms with E-state index >= 15 is 0 Å². The zero-order chi connectivity index (χ0) is 23.0. The second kappa shape index (κ2) is 8.66. The highest BCUT2D eigenvalue weighted by molar-refractivity contribution is 6.04. The maximum Gasteiger partial charge on any atom is 0.255 e. The maximum atomic E-state index is 13.0. The molecule has 2 aliphatic rings.